The van der Waals surface area contributed by atoms with E-state index in [4.69, 9.17) is 9.47 Å². The minimum Gasteiger partial charge on any atom is -0.381 e. The number of nitrogens with zero attached hydrogens (tertiary/aromatic N) is 4. The van der Waals surface area contributed by atoms with Crippen LogP contribution in [0.2, 0.25) is 0 Å². The van der Waals surface area contributed by atoms with Crippen molar-refractivity contribution < 1.29 is 14.3 Å². The minimum absolute atomic E-state index is 0.0405. The summed E-state index contributed by atoms with van der Waals surface area (Å²) in [4.78, 5) is 25.2. The number of hydrogen-bond donors (Lipinski definition) is 0. The first kappa shape index (κ1) is 16.9. The van der Waals surface area contributed by atoms with E-state index in [9.17, 15) is 4.79 Å². The van der Waals surface area contributed by atoms with Gasteiger partial charge >= 0.3 is 0 Å². The molecule has 25 heavy (non-hydrogen) atoms. The number of hydrogen-bond acceptors (Lipinski definition) is 6. The number of carbonyl (C=O) groups excluding carboxylic acids is 1. The summed E-state index contributed by atoms with van der Waals surface area (Å²) in [5.74, 6) is 0.636. The van der Waals surface area contributed by atoms with Gasteiger partial charge in [-0.2, -0.15) is 0 Å². The average Bonchev–Trinajstić information content (AvgIpc) is 3.17. The number of rotatable bonds is 3. The van der Waals surface area contributed by atoms with Crippen molar-refractivity contribution in [3.8, 4) is 0 Å². The molecule has 3 saturated heterocycles. The van der Waals surface area contributed by atoms with Gasteiger partial charge in [-0.3, -0.25) is 9.78 Å². The summed E-state index contributed by atoms with van der Waals surface area (Å²) in [6, 6.07) is 0. The van der Waals surface area contributed by atoms with Crippen molar-refractivity contribution >= 4 is 5.91 Å². The van der Waals surface area contributed by atoms with Gasteiger partial charge in [0.2, 0.25) is 0 Å². The minimum atomic E-state index is -0.196. The van der Waals surface area contributed by atoms with Crippen LogP contribution < -0.4 is 0 Å². The molecule has 1 atom stereocenters. The Morgan fingerprint density at radius 3 is 2.84 bits per heavy atom. The maximum Gasteiger partial charge on any atom is 0.274 e. The van der Waals surface area contributed by atoms with E-state index in [2.05, 4.69) is 14.9 Å². The molecule has 7 heteroatoms. The molecule has 1 spiro atoms. The van der Waals surface area contributed by atoms with E-state index in [0.29, 0.717) is 31.3 Å². The quantitative estimate of drug-likeness (QED) is 0.807. The summed E-state index contributed by atoms with van der Waals surface area (Å²) in [6.45, 7) is 6.88. The largest absolute Gasteiger partial charge is 0.381 e. The van der Waals surface area contributed by atoms with Crippen molar-refractivity contribution in [2.75, 3.05) is 52.5 Å². The fourth-order valence-corrected chi connectivity index (χ4v) is 4.13. The van der Waals surface area contributed by atoms with Gasteiger partial charge in [0.25, 0.3) is 5.91 Å². The van der Waals surface area contributed by atoms with E-state index in [0.717, 1.165) is 45.7 Å². The molecule has 1 aromatic heterocycles. The first-order valence-electron chi connectivity index (χ1n) is 9.23. The third-order valence-corrected chi connectivity index (χ3v) is 5.63. The molecule has 4 heterocycles. The van der Waals surface area contributed by atoms with Crippen LogP contribution in [0.5, 0.6) is 0 Å². The highest BCUT2D eigenvalue weighted by Crippen LogP contribution is 2.31. The molecule has 3 aliphatic heterocycles. The zero-order valence-corrected chi connectivity index (χ0v) is 14.6. The molecule has 0 N–H and O–H groups in total. The fourth-order valence-electron chi connectivity index (χ4n) is 4.13. The van der Waals surface area contributed by atoms with Crippen LogP contribution in [0.1, 0.15) is 29.8 Å². The number of likely N-dealkylation sites (tertiary alicyclic amines) is 1. The molecule has 1 aromatic rings. The summed E-state index contributed by atoms with van der Waals surface area (Å²) in [5, 5.41) is 0. The van der Waals surface area contributed by atoms with E-state index in [1.165, 1.54) is 12.6 Å². The lowest BCUT2D eigenvalue weighted by atomic mass is 9.88. The standard InChI is InChI=1S/C18H26N4O3/c23-17(16-11-19-4-5-20-16)22-8-10-25-18(14-22)2-6-21(7-3-18)12-15-1-9-24-13-15/h4-5,11,15H,1-3,6-10,12-14H2. The summed E-state index contributed by atoms with van der Waals surface area (Å²) in [5.41, 5.74) is 0.219. The number of piperidine rings is 1. The molecule has 1 amide bonds. The maximum absolute atomic E-state index is 12.7. The number of ether oxygens (including phenoxy) is 2. The molecule has 0 radical (unpaired) electrons. The zero-order chi connectivity index (χ0) is 17.1. The number of carbonyl (C=O) groups is 1. The Morgan fingerprint density at radius 1 is 1.24 bits per heavy atom. The second kappa shape index (κ2) is 7.35. The van der Waals surface area contributed by atoms with Gasteiger partial charge in [-0.15, -0.1) is 0 Å². The van der Waals surface area contributed by atoms with Crippen molar-refractivity contribution in [2.45, 2.75) is 24.9 Å². The number of morpholine rings is 1. The predicted octanol–water partition coefficient (Wildman–Crippen LogP) is 0.820. The Hall–Kier alpha value is -1.57. The van der Waals surface area contributed by atoms with Crippen LogP contribution in [0.3, 0.4) is 0 Å². The maximum atomic E-state index is 12.7. The third-order valence-electron chi connectivity index (χ3n) is 5.63. The molecular weight excluding hydrogens is 320 g/mol. The molecule has 3 aliphatic rings. The molecule has 1 unspecified atom stereocenters. The van der Waals surface area contributed by atoms with E-state index in [1.54, 1.807) is 12.4 Å². The van der Waals surface area contributed by atoms with E-state index < -0.39 is 0 Å². The van der Waals surface area contributed by atoms with Crippen molar-refractivity contribution in [1.82, 2.24) is 19.8 Å². The normalized spacial score (nSPS) is 26.9. The molecule has 3 fully saturated rings. The van der Waals surface area contributed by atoms with E-state index >= 15 is 0 Å². The lowest BCUT2D eigenvalue weighted by Crippen LogP contribution is -2.58. The molecule has 0 bridgehead atoms. The highest BCUT2D eigenvalue weighted by Gasteiger charge is 2.41. The molecule has 7 nitrogen and oxygen atoms in total. The van der Waals surface area contributed by atoms with Crippen molar-refractivity contribution in [2.24, 2.45) is 5.92 Å². The van der Waals surface area contributed by atoms with Crippen LogP contribution in [-0.4, -0.2) is 83.8 Å². The summed E-state index contributed by atoms with van der Waals surface area (Å²) in [6.07, 6.45) is 7.82. The van der Waals surface area contributed by atoms with Gasteiger partial charge in [0, 0.05) is 45.2 Å². The Kier molecular flexibility index (Phi) is 4.96. The summed E-state index contributed by atoms with van der Waals surface area (Å²) >= 11 is 0. The molecular formula is C18H26N4O3. The topological polar surface area (TPSA) is 67.8 Å². The Morgan fingerprint density at radius 2 is 2.12 bits per heavy atom. The van der Waals surface area contributed by atoms with Gasteiger partial charge in [0.15, 0.2) is 0 Å². The highest BCUT2D eigenvalue weighted by atomic mass is 16.5. The van der Waals surface area contributed by atoms with Crippen molar-refractivity contribution in [3.63, 3.8) is 0 Å². The lowest BCUT2D eigenvalue weighted by molar-refractivity contribution is -0.128. The summed E-state index contributed by atoms with van der Waals surface area (Å²) in [7, 11) is 0. The van der Waals surface area contributed by atoms with Crippen LogP contribution in [0.15, 0.2) is 18.6 Å². The second-order valence-electron chi connectivity index (χ2n) is 7.38. The van der Waals surface area contributed by atoms with Gasteiger partial charge in [0.05, 0.1) is 31.6 Å². The van der Waals surface area contributed by atoms with Crippen LogP contribution in [-0.2, 0) is 9.47 Å². The molecule has 0 aliphatic carbocycles. The first-order valence-corrected chi connectivity index (χ1v) is 9.23. The Labute approximate surface area is 148 Å². The lowest BCUT2D eigenvalue weighted by Gasteiger charge is -2.47. The van der Waals surface area contributed by atoms with Gasteiger partial charge in [-0.25, -0.2) is 4.98 Å². The second-order valence-corrected chi connectivity index (χ2v) is 7.38. The molecule has 136 valence electrons. The molecule has 0 aromatic carbocycles. The monoisotopic (exact) mass is 346 g/mol. The average molecular weight is 346 g/mol. The summed E-state index contributed by atoms with van der Waals surface area (Å²) < 4.78 is 11.6. The predicted molar refractivity (Wildman–Crippen MR) is 91.2 cm³/mol. The smallest absolute Gasteiger partial charge is 0.274 e. The fraction of sp³-hybridized carbons (Fsp3) is 0.722. The van der Waals surface area contributed by atoms with Crippen molar-refractivity contribution in [3.05, 3.63) is 24.3 Å². The number of amides is 1. The SMILES string of the molecule is O=C(c1cnccn1)N1CCOC2(CCN(CC3CCOC3)CC2)C1. The van der Waals surface area contributed by atoms with Gasteiger partial charge in [-0.1, -0.05) is 0 Å². The van der Waals surface area contributed by atoms with E-state index in [1.807, 2.05) is 4.90 Å². The van der Waals surface area contributed by atoms with Gasteiger partial charge < -0.3 is 19.3 Å². The Balaban J connectivity index is 1.34. The van der Waals surface area contributed by atoms with Crippen LogP contribution in [0, 0.1) is 5.92 Å². The third kappa shape index (κ3) is 3.83. The Bertz CT molecular complexity index is 583. The van der Waals surface area contributed by atoms with Gasteiger partial charge in [-0.05, 0) is 25.2 Å². The van der Waals surface area contributed by atoms with Gasteiger partial charge in [0.1, 0.15) is 5.69 Å². The highest BCUT2D eigenvalue weighted by molar-refractivity contribution is 5.92. The zero-order valence-electron chi connectivity index (χ0n) is 14.6. The van der Waals surface area contributed by atoms with Crippen LogP contribution >= 0.6 is 0 Å². The molecule has 0 saturated carbocycles. The first-order chi connectivity index (χ1) is 12.2. The van der Waals surface area contributed by atoms with Crippen LogP contribution in [0.25, 0.3) is 0 Å². The molecule has 4 rings (SSSR count). The number of aromatic nitrogens is 2. The van der Waals surface area contributed by atoms with Crippen molar-refractivity contribution in [1.29, 1.82) is 0 Å². The van der Waals surface area contributed by atoms with Crippen LogP contribution in [0.4, 0.5) is 0 Å². The van der Waals surface area contributed by atoms with E-state index in [-0.39, 0.29) is 11.5 Å².